The van der Waals surface area contributed by atoms with Gasteiger partial charge >= 0.3 is 12.2 Å². The normalized spacial score (nSPS) is 28.8. The number of aromatic nitrogens is 2. The van der Waals surface area contributed by atoms with E-state index in [2.05, 4.69) is 87.9 Å². The van der Waals surface area contributed by atoms with Gasteiger partial charge in [-0.05, 0) is 172 Å². The van der Waals surface area contributed by atoms with E-state index in [1.54, 1.807) is 0 Å². The van der Waals surface area contributed by atoms with Crippen LogP contribution >= 0.6 is 15.9 Å². The number of amides is 4. The van der Waals surface area contributed by atoms with E-state index in [1.165, 1.54) is 14.2 Å². The van der Waals surface area contributed by atoms with Crippen molar-refractivity contribution in [1.29, 1.82) is 0 Å². The molecular formula is C54H66BrN7O9. The summed E-state index contributed by atoms with van der Waals surface area (Å²) in [5.74, 6) is 1.05. The number of hydrogen-bond donors (Lipinski definition) is 3. The van der Waals surface area contributed by atoms with Crippen molar-refractivity contribution in [1.82, 2.24) is 30.4 Å². The highest BCUT2D eigenvalue weighted by atomic mass is 79.9. The van der Waals surface area contributed by atoms with E-state index >= 15 is 0 Å². The van der Waals surface area contributed by atoms with E-state index in [-0.39, 0.29) is 72.2 Å². The first-order chi connectivity index (χ1) is 34.1. The molecule has 10 rings (SSSR count). The molecule has 0 bridgehead atoms. The largest absolute Gasteiger partial charge is 0.488 e. The molecule has 3 aromatic carbocycles. The molecule has 6 aliphatic rings. The third-order valence-electron chi connectivity index (χ3n) is 16.0. The van der Waals surface area contributed by atoms with Crippen LogP contribution in [0.2, 0.25) is 0 Å². The number of hydrogen-bond acceptors (Lipinski definition) is 11. The number of ether oxygens (including phenoxy) is 5. The predicted molar refractivity (Wildman–Crippen MR) is 272 cm³/mol. The van der Waals surface area contributed by atoms with E-state index in [0.717, 1.165) is 91.7 Å². The first kappa shape index (κ1) is 49.1. The zero-order valence-electron chi connectivity index (χ0n) is 41.9. The van der Waals surface area contributed by atoms with E-state index < -0.39 is 24.3 Å². The Morgan fingerprint density at radius 2 is 1.31 bits per heavy atom. The predicted octanol–water partition coefficient (Wildman–Crippen LogP) is 9.47. The molecule has 0 aliphatic carbocycles. The van der Waals surface area contributed by atoms with Crippen LogP contribution in [0, 0.1) is 11.8 Å². The first-order valence-electron chi connectivity index (χ1n) is 25.4. The Bertz CT molecular complexity index is 2760. The summed E-state index contributed by atoms with van der Waals surface area (Å²) in [6, 6.07) is 12.8. The van der Waals surface area contributed by atoms with Gasteiger partial charge in [0.1, 0.15) is 40.6 Å². The molecule has 17 heteroatoms. The van der Waals surface area contributed by atoms with Gasteiger partial charge in [-0.1, -0.05) is 18.2 Å². The summed E-state index contributed by atoms with van der Waals surface area (Å²) in [6.45, 7) is 12.6. The van der Waals surface area contributed by atoms with Gasteiger partial charge in [-0.25, -0.2) is 14.6 Å². The molecule has 0 saturated carbocycles. The number of benzene rings is 3. The highest BCUT2D eigenvalue weighted by molar-refractivity contribution is 9.10. The number of nitrogens with one attached hydrogen (secondary N) is 3. The van der Waals surface area contributed by atoms with Crippen LogP contribution < -0.4 is 15.4 Å². The number of likely N-dealkylation sites (tertiary alicyclic amines) is 2. The molecule has 378 valence electrons. The molecule has 0 spiro atoms. The van der Waals surface area contributed by atoms with Gasteiger partial charge in [-0.2, -0.15) is 0 Å². The lowest BCUT2D eigenvalue weighted by molar-refractivity contribution is -0.140. The van der Waals surface area contributed by atoms with Crippen molar-refractivity contribution >= 4 is 62.1 Å². The molecule has 0 radical (unpaired) electrons. The molecule has 11 atom stereocenters. The number of carbonyl (C=O) groups is 4. The number of carbonyl (C=O) groups excluding carboxylic acids is 4. The molecule has 1 aromatic heterocycles. The lowest BCUT2D eigenvalue weighted by Crippen LogP contribution is -2.57. The van der Waals surface area contributed by atoms with Crippen molar-refractivity contribution in [2.45, 2.75) is 167 Å². The molecular weight excluding hydrogens is 971 g/mol. The zero-order valence-corrected chi connectivity index (χ0v) is 43.5. The number of rotatable bonds is 9. The minimum Gasteiger partial charge on any atom is -0.488 e. The molecule has 71 heavy (non-hydrogen) atoms. The summed E-state index contributed by atoms with van der Waals surface area (Å²) >= 11 is 3.78. The number of H-pyrrole nitrogens is 1. The van der Waals surface area contributed by atoms with Crippen molar-refractivity contribution in [2.24, 2.45) is 16.8 Å². The van der Waals surface area contributed by atoms with Crippen LogP contribution in [0.5, 0.6) is 5.75 Å². The Kier molecular flexibility index (Phi) is 13.7. The van der Waals surface area contributed by atoms with Crippen LogP contribution in [-0.2, 0) is 41.6 Å². The number of aliphatic imine (C=N–C) groups is 1. The third kappa shape index (κ3) is 9.42. The number of imidazole rings is 1. The van der Waals surface area contributed by atoms with Gasteiger partial charge in [0, 0.05) is 35.3 Å². The summed E-state index contributed by atoms with van der Waals surface area (Å²) in [4.78, 5) is 72.3. The Hall–Kier alpha value is -5.52. The number of aromatic amines is 1. The number of fused-ring (bicyclic) bond motifs is 6. The molecule has 4 aromatic rings. The van der Waals surface area contributed by atoms with E-state index in [9.17, 15) is 19.2 Å². The SMILES string of the molecule is COC(=O)N[C@H](C(=O)N1[C@@H](C)CC[C@H]1C1=Nc2ccc3cc4c(cc3c2C1)OCc1cc(-c2nc([C@@H]3CC[C@H](C)N3C(=O)[C@@H](NC(=O)OC)C3C[C@@H](C)O[C@@H](C)C3)[nH]c2Br)ccc1-4)C1C[C@@H](C)O[C@H](C)C1. The summed E-state index contributed by atoms with van der Waals surface area (Å²) in [7, 11) is 2.64. The highest BCUT2D eigenvalue weighted by Crippen LogP contribution is 2.46. The maximum Gasteiger partial charge on any atom is 0.407 e. The lowest BCUT2D eigenvalue weighted by atomic mass is 9.85. The van der Waals surface area contributed by atoms with Gasteiger partial charge < -0.3 is 49.1 Å². The standard InChI is InChI=1S/C54H66BrN7O9/c1-26-9-15-43(61(26)51(63)47(58-53(65)67-7)34-17-28(3)70-29(4)18-34)42-23-39-38-24-45-40(22-32(38)12-14-41(39)56-42)37-13-11-33(21-36(37)25-69-45)46-49(55)60-50(57-46)44-16-10-27(2)62(44)52(64)48(59-54(66)68-8)35-19-30(5)71-31(6)20-35/h11-14,21-22,24,26-31,34-35,43-44,47-48H,9-10,15-20,23,25H2,1-8H3,(H,57,60)(H,58,65)(H,59,66)/t26-,27-,28+,29+,30-,31+,35?,43-,44-,47-,48-/m0/s1. The van der Waals surface area contributed by atoms with E-state index in [0.29, 0.717) is 44.5 Å². The lowest BCUT2D eigenvalue weighted by Gasteiger charge is -2.39. The van der Waals surface area contributed by atoms with Gasteiger partial charge in [0.25, 0.3) is 0 Å². The van der Waals surface area contributed by atoms with Crippen molar-refractivity contribution in [2.75, 3.05) is 14.2 Å². The van der Waals surface area contributed by atoms with Gasteiger partial charge in [-0.3, -0.25) is 14.6 Å². The maximum absolute atomic E-state index is 14.7. The van der Waals surface area contributed by atoms with Crippen LogP contribution in [0.25, 0.3) is 33.2 Å². The maximum atomic E-state index is 14.7. The van der Waals surface area contributed by atoms with Crippen LogP contribution in [-0.4, -0.2) is 118 Å². The molecule has 4 fully saturated rings. The summed E-state index contributed by atoms with van der Waals surface area (Å²) in [5, 5.41) is 7.96. The van der Waals surface area contributed by atoms with Crippen LogP contribution in [0.3, 0.4) is 0 Å². The van der Waals surface area contributed by atoms with Gasteiger partial charge in [-0.15, -0.1) is 0 Å². The van der Waals surface area contributed by atoms with Gasteiger partial charge in [0.2, 0.25) is 11.8 Å². The third-order valence-corrected chi connectivity index (χ3v) is 16.5. The second-order valence-electron chi connectivity index (χ2n) is 20.9. The van der Waals surface area contributed by atoms with Gasteiger partial charge in [0.15, 0.2) is 0 Å². The van der Waals surface area contributed by atoms with Crippen molar-refractivity contribution < 1.29 is 42.9 Å². The number of nitrogens with zero attached hydrogens (tertiary/aromatic N) is 4. The molecule has 4 amide bonds. The van der Waals surface area contributed by atoms with Crippen LogP contribution in [0.4, 0.5) is 15.3 Å². The fourth-order valence-electron chi connectivity index (χ4n) is 12.8. The number of methoxy groups -OCH3 is 2. The van der Waals surface area contributed by atoms with Gasteiger partial charge in [0.05, 0.1) is 56.4 Å². The zero-order chi connectivity index (χ0) is 50.0. The topological polar surface area (TPSA) is 186 Å². The van der Waals surface area contributed by atoms with E-state index in [1.807, 2.05) is 37.5 Å². The Morgan fingerprint density at radius 1 is 0.732 bits per heavy atom. The second kappa shape index (κ2) is 19.8. The Balaban J connectivity index is 0.877. The number of halogens is 1. The molecule has 6 aliphatic heterocycles. The first-order valence-corrected chi connectivity index (χ1v) is 26.2. The summed E-state index contributed by atoms with van der Waals surface area (Å²) in [6.07, 6.45) is 5.01. The molecule has 4 saturated heterocycles. The van der Waals surface area contributed by atoms with E-state index in [4.69, 9.17) is 33.7 Å². The molecule has 1 unspecified atom stereocenters. The van der Waals surface area contributed by atoms with Crippen molar-refractivity contribution in [3.05, 3.63) is 64.0 Å². The van der Waals surface area contributed by atoms with Crippen LogP contribution in [0.15, 0.2) is 52.1 Å². The minimum atomic E-state index is -0.762. The minimum absolute atomic E-state index is 0.0199. The Morgan fingerprint density at radius 3 is 1.90 bits per heavy atom. The average Bonchev–Trinajstić information content (AvgIpc) is 4.15. The average molecular weight is 1040 g/mol. The quantitative estimate of drug-likeness (QED) is 0.146. The summed E-state index contributed by atoms with van der Waals surface area (Å²) in [5.41, 5.74) is 7.75. The smallest absolute Gasteiger partial charge is 0.407 e. The highest BCUT2D eigenvalue weighted by Gasteiger charge is 2.47. The Labute approximate surface area is 423 Å². The molecule has 16 nitrogen and oxygen atoms in total. The fourth-order valence-corrected chi connectivity index (χ4v) is 13.3. The number of alkyl carbamates (subject to hydrolysis) is 2. The van der Waals surface area contributed by atoms with Crippen molar-refractivity contribution in [3.63, 3.8) is 0 Å². The molecule has 7 heterocycles. The summed E-state index contributed by atoms with van der Waals surface area (Å²) < 4.78 is 29.3. The molecule has 3 N–H and O–H groups in total. The fraction of sp³-hybridized carbons (Fsp3) is 0.556. The second-order valence-corrected chi connectivity index (χ2v) is 21.7. The monoisotopic (exact) mass is 1040 g/mol. The van der Waals surface area contributed by atoms with Crippen LogP contribution in [0.1, 0.15) is 116 Å². The van der Waals surface area contributed by atoms with Crippen molar-refractivity contribution in [3.8, 4) is 28.1 Å².